The molecule has 0 spiro atoms. The van der Waals surface area contributed by atoms with Crippen LogP contribution < -0.4 is 0 Å². The third kappa shape index (κ3) is 9.82. The number of hydrogen-bond donors (Lipinski definition) is 0. The number of fused-ring (bicyclic) bond motifs is 12. The van der Waals surface area contributed by atoms with Gasteiger partial charge in [-0.3, -0.25) is 9.97 Å². The molecule has 0 fully saturated rings. The first-order valence-electron chi connectivity index (χ1n) is 31.5. The SMILES string of the molecule is CC1(C)CC(C)(C)c2cc3c(cc21)nc1c2[c-]cc(CCc4cc(CCc5c[c-]c6c(ccn7c8cc9c(cc8nc67)C(C)(C)CC9(C)C)c5)cc(-c5ccccc5-c5c[c-]c(-c6ccccn6)cc5-c5ccc(-c6ccccc6)cc5)c4)cc2ccn31.[Ir+3]. The minimum Gasteiger partial charge on any atom is -0.341 e. The number of aromatic nitrogens is 5. The van der Waals surface area contributed by atoms with Gasteiger partial charge in [0.1, 0.15) is 0 Å². The number of rotatable bonds is 11. The summed E-state index contributed by atoms with van der Waals surface area (Å²) in [6.07, 6.45) is 12.0. The molecule has 5 nitrogen and oxygen atoms in total. The van der Waals surface area contributed by atoms with Crippen LogP contribution >= 0.6 is 0 Å². The van der Waals surface area contributed by atoms with E-state index in [2.05, 4.69) is 271 Å². The molecule has 0 N–H and O–H groups in total. The average molecular weight is 1330 g/mol. The van der Waals surface area contributed by atoms with E-state index >= 15 is 0 Å². The van der Waals surface area contributed by atoms with Gasteiger partial charge in [-0.05, 0) is 157 Å². The van der Waals surface area contributed by atoms with E-state index in [0.29, 0.717) is 0 Å². The Morgan fingerprint density at radius 2 is 0.876 bits per heavy atom. The smallest absolute Gasteiger partial charge is 0.341 e. The summed E-state index contributed by atoms with van der Waals surface area (Å²) >= 11 is 0. The fraction of sp³-hybridized carbons (Fsp3) is 0.217. The van der Waals surface area contributed by atoms with Gasteiger partial charge in [0.15, 0.2) is 0 Å². The number of aryl methyl sites for hydroxylation is 4. The van der Waals surface area contributed by atoms with Crippen molar-refractivity contribution in [3.8, 4) is 55.8 Å². The summed E-state index contributed by atoms with van der Waals surface area (Å²) in [4.78, 5) is 15.4. The predicted octanol–water partition coefficient (Wildman–Crippen LogP) is 20.2. The Bertz CT molecular complexity index is 4930. The van der Waals surface area contributed by atoms with Crippen LogP contribution in [0.3, 0.4) is 0 Å². The largest absolute Gasteiger partial charge is 3.00 e. The number of nitrogens with zero attached hydrogens (tertiary/aromatic N) is 5. The molecule has 14 aromatic rings. The van der Waals surface area contributed by atoms with E-state index in [-0.39, 0.29) is 41.8 Å². The molecule has 0 saturated heterocycles. The zero-order chi connectivity index (χ0) is 59.8. The molecule has 9 aromatic carbocycles. The van der Waals surface area contributed by atoms with E-state index in [1.165, 1.54) is 88.6 Å². The molecule has 89 heavy (non-hydrogen) atoms. The molecule has 0 atom stereocenters. The fourth-order valence-corrected chi connectivity index (χ4v) is 16.0. The Morgan fingerprint density at radius 1 is 0.393 bits per heavy atom. The van der Waals surface area contributed by atoms with Crippen molar-refractivity contribution in [1.29, 1.82) is 0 Å². The Balaban J connectivity index is 0.00000663. The second-order valence-electron chi connectivity index (χ2n) is 28.0. The molecule has 0 aliphatic heterocycles. The maximum Gasteiger partial charge on any atom is 3.00 e. The van der Waals surface area contributed by atoms with Crippen molar-refractivity contribution in [1.82, 2.24) is 23.8 Å². The average Bonchev–Trinajstić information content (AvgIpc) is 1.66. The summed E-state index contributed by atoms with van der Waals surface area (Å²) in [5, 5.41) is 4.45. The minimum absolute atomic E-state index is 0. The standard InChI is InChI=1S/C83H70N5.Ir/c1-80(2)50-82(5,6)71-48-76-74(46-69(71)80)85-78-64-32-25-52(41-59(64)35-38-87(76)78)21-23-54-40-55(24-22-53-26-33-65-60(42-53)36-39-88-77-49-72-70(47-75(77)86-79(65)88)81(3,4)51-83(72,7)8)44-62(43-54)63-18-12-13-19-66(63)67-34-31-61(73-20-14-15-37-84-73)45-68(67)58-29-27-57(28-30-58)56-16-10-9-11-17-56;/h9-20,25-30,34-49H,21-24,50-51H2,1-8H3;/q-3;+3. The summed E-state index contributed by atoms with van der Waals surface area (Å²) < 4.78 is 4.55. The molecule has 0 radical (unpaired) electrons. The monoisotopic (exact) mass is 1330 g/mol. The number of benzene rings is 9. The van der Waals surface area contributed by atoms with Crippen molar-refractivity contribution in [2.75, 3.05) is 0 Å². The Kier molecular flexibility index (Phi) is 13.5. The molecule has 5 heterocycles. The van der Waals surface area contributed by atoms with Gasteiger partial charge in [0, 0.05) is 6.20 Å². The first-order chi connectivity index (χ1) is 42.5. The van der Waals surface area contributed by atoms with Crippen LogP contribution in [0.5, 0.6) is 0 Å². The predicted molar refractivity (Wildman–Crippen MR) is 364 cm³/mol. The van der Waals surface area contributed by atoms with Gasteiger partial charge in [0.25, 0.3) is 0 Å². The Morgan fingerprint density at radius 3 is 1.42 bits per heavy atom. The van der Waals surface area contributed by atoms with Crippen LogP contribution in [0.25, 0.3) is 111 Å². The second kappa shape index (κ2) is 21.2. The van der Waals surface area contributed by atoms with Gasteiger partial charge in [0.2, 0.25) is 0 Å². The van der Waals surface area contributed by atoms with Crippen LogP contribution in [0.2, 0.25) is 0 Å². The minimum atomic E-state index is 0. The Labute approximate surface area is 535 Å². The zero-order valence-electron chi connectivity index (χ0n) is 51.9. The van der Waals surface area contributed by atoms with Gasteiger partial charge < -0.3 is 13.8 Å². The third-order valence-corrected chi connectivity index (χ3v) is 19.8. The van der Waals surface area contributed by atoms with Crippen molar-refractivity contribution in [2.45, 2.75) is 116 Å². The molecule has 436 valence electrons. The molecule has 2 aliphatic rings. The van der Waals surface area contributed by atoms with E-state index in [1.54, 1.807) is 0 Å². The number of pyridine rings is 3. The van der Waals surface area contributed by atoms with Crippen LogP contribution in [0.15, 0.2) is 207 Å². The quantitative estimate of drug-likeness (QED) is 0.121. The van der Waals surface area contributed by atoms with Gasteiger partial charge in [-0.15, -0.1) is 92.8 Å². The molecule has 5 aromatic heterocycles. The van der Waals surface area contributed by atoms with Crippen molar-refractivity contribution < 1.29 is 20.1 Å². The Hall–Kier alpha value is -8.80. The van der Waals surface area contributed by atoms with Gasteiger partial charge in [-0.2, -0.15) is 0 Å². The summed E-state index contributed by atoms with van der Waals surface area (Å²) in [5.41, 5.74) is 28.9. The van der Waals surface area contributed by atoms with Crippen molar-refractivity contribution in [3.05, 3.63) is 269 Å². The van der Waals surface area contributed by atoms with Crippen molar-refractivity contribution in [2.24, 2.45) is 0 Å². The van der Waals surface area contributed by atoms with E-state index < -0.39 is 0 Å². The molecular formula is C83H70IrN5. The maximum atomic E-state index is 5.30. The summed E-state index contributed by atoms with van der Waals surface area (Å²) in [6, 6.07) is 80.8. The first-order valence-corrected chi connectivity index (χ1v) is 31.5. The van der Waals surface area contributed by atoms with Crippen LogP contribution in [0.4, 0.5) is 0 Å². The molecule has 16 rings (SSSR count). The topological polar surface area (TPSA) is 47.5 Å². The second-order valence-corrected chi connectivity index (χ2v) is 28.0. The third-order valence-electron chi connectivity index (χ3n) is 19.8. The van der Waals surface area contributed by atoms with E-state index in [0.717, 1.165) is 105 Å². The number of imidazole rings is 2. The van der Waals surface area contributed by atoms with Crippen molar-refractivity contribution >= 4 is 54.9 Å². The summed E-state index contributed by atoms with van der Waals surface area (Å²) in [6.45, 7) is 19.1. The molecule has 6 heteroatoms. The van der Waals surface area contributed by atoms with Crippen LogP contribution in [-0.4, -0.2) is 23.8 Å². The van der Waals surface area contributed by atoms with Gasteiger partial charge in [0.05, 0.1) is 33.4 Å². The van der Waals surface area contributed by atoms with Crippen LogP contribution in [0.1, 0.15) is 113 Å². The van der Waals surface area contributed by atoms with Gasteiger partial charge >= 0.3 is 20.1 Å². The molecule has 2 aliphatic carbocycles. The fourth-order valence-electron chi connectivity index (χ4n) is 16.0. The zero-order valence-corrected chi connectivity index (χ0v) is 54.3. The molecular weight excluding hydrogens is 1260 g/mol. The van der Waals surface area contributed by atoms with Crippen LogP contribution in [0, 0.1) is 18.2 Å². The van der Waals surface area contributed by atoms with Gasteiger partial charge in [-0.25, -0.2) is 0 Å². The first kappa shape index (κ1) is 56.7. The van der Waals surface area contributed by atoms with Crippen LogP contribution in [-0.2, 0) is 67.4 Å². The van der Waals surface area contributed by atoms with E-state index in [9.17, 15) is 0 Å². The van der Waals surface area contributed by atoms with Crippen molar-refractivity contribution in [3.63, 3.8) is 0 Å². The summed E-state index contributed by atoms with van der Waals surface area (Å²) in [7, 11) is 0. The van der Waals surface area contributed by atoms with Gasteiger partial charge in [-0.1, -0.05) is 206 Å². The molecule has 0 bridgehead atoms. The van der Waals surface area contributed by atoms with E-state index in [1.807, 2.05) is 18.3 Å². The summed E-state index contributed by atoms with van der Waals surface area (Å²) in [5.74, 6) is 0. The molecule has 0 saturated carbocycles. The normalized spacial score (nSPS) is 15.3. The van der Waals surface area contributed by atoms with E-state index in [4.69, 9.17) is 15.0 Å². The molecule has 0 amide bonds. The number of hydrogen-bond acceptors (Lipinski definition) is 3. The maximum absolute atomic E-state index is 5.30. The molecule has 0 unspecified atom stereocenters.